The van der Waals surface area contributed by atoms with Crippen LogP contribution in [0, 0.1) is 0 Å². The van der Waals surface area contributed by atoms with E-state index in [1.807, 2.05) is 24.3 Å². The number of rotatable bonds is 1. The Hall–Kier alpha value is -1.35. The van der Waals surface area contributed by atoms with Gasteiger partial charge in [-0.3, -0.25) is 0 Å². The molecule has 1 aromatic carbocycles. The van der Waals surface area contributed by atoms with Gasteiger partial charge in [0.25, 0.3) is 0 Å². The van der Waals surface area contributed by atoms with Gasteiger partial charge in [0, 0.05) is 10.8 Å². The first-order chi connectivity index (χ1) is 5.92. The second-order valence-electron chi connectivity index (χ2n) is 2.39. The van der Waals surface area contributed by atoms with E-state index in [-0.39, 0.29) is 0 Å². The van der Waals surface area contributed by atoms with Crippen molar-refractivity contribution in [3.63, 3.8) is 0 Å². The summed E-state index contributed by atoms with van der Waals surface area (Å²) >= 11 is 4.83. The Morgan fingerprint density at radius 1 is 1.17 bits per heavy atom. The molecular formula is C9H6N2S. The zero-order valence-electron chi connectivity index (χ0n) is 6.27. The van der Waals surface area contributed by atoms with Gasteiger partial charge in [-0.05, 0) is 6.07 Å². The molecule has 0 spiro atoms. The van der Waals surface area contributed by atoms with E-state index >= 15 is 0 Å². The number of nitrogens with zero attached hydrogens (tertiary/aromatic N) is 2. The minimum absolute atomic E-state index is 0.815. The molecule has 58 valence electrons. The van der Waals surface area contributed by atoms with Crippen LogP contribution in [-0.2, 0) is 0 Å². The fraction of sp³-hybridized carbons (Fsp3) is 0. The lowest BCUT2D eigenvalue weighted by Gasteiger charge is -1.97. The summed E-state index contributed by atoms with van der Waals surface area (Å²) in [6, 6.07) is 7.81. The average molecular weight is 174 g/mol. The minimum Gasteiger partial charge on any atom is -0.236 e. The summed E-state index contributed by atoms with van der Waals surface area (Å²) in [7, 11) is 0. The summed E-state index contributed by atoms with van der Waals surface area (Å²) in [6.07, 6.45) is 1.53. The number of fused-ring (bicyclic) bond motifs is 1. The number of hydrogen-bond acceptors (Lipinski definition) is 3. The molecule has 2 rings (SSSR count). The number of benzene rings is 1. The fourth-order valence-corrected chi connectivity index (χ4v) is 1.31. The van der Waals surface area contributed by atoms with Gasteiger partial charge in [0.2, 0.25) is 0 Å². The van der Waals surface area contributed by atoms with Crippen molar-refractivity contribution >= 4 is 28.5 Å². The fourth-order valence-electron chi connectivity index (χ4n) is 1.12. The van der Waals surface area contributed by atoms with Crippen LogP contribution >= 0.6 is 12.2 Å². The molecule has 12 heavy (non-hydrogen) atoms. The van der Waals surface area contributed by atoms with E-state index in [4.69, 9.17) is 12.2 Å². The summed E-state index contributed by atoms with van der Waals surface area (Å²) < 4.78 is 0. The summed E-state index contributed by atoms with van der Waals surface area (Å²) in [5.41, 5.74) is 1.75. The zero-order chi connectivity index (χ0) is 8.39. The molecule has 0 saturated heterocycles. The number of aromatic nitrogens is 2. The molecule has 0 bridgehead atoms. The first-order valence-corrected chi connectivity index (χ1v) is 4.04. The van der Waals surface area contributed by atoms with Gasteiger partial charge in [0.1, 0.15) is 6.33 Å². The van der Waals surface area contributed by atoms with Gasteiger partial charge >= 0.3 is 0 Å². The first-order valence-electron chi connectivity index (χ1n) is 3.57. The molecule has 0 aliphatic carbocycles. The molecule has 0 saturated carbocycles. The van der Waals surface area contributed by atoms with Crippen molar-refractivity contribution in [3.05, 3.63) is 36.3 Å². The van der Waals surface area contributed by atoms with Gasteiger partial charge in [0.05, 0.1) is 11.2 Å². The Morgan fingerprint density at radius 2 is 2.00 bits per heavy atom. The van der Waals surface area contributed by atoms with Crippen LogP contribution < -0.4 is 0 Å². The molecule has 0 aliphatic heterocycles. The van der Waals surface area contributed by atoms with E-state index in [1.165, 1.54) is 6.33 Å². The molecule has 2 nitrogen and oxygen atoms in total. The molecular weight excluding hydrogens is 168 g/mol. The quantitative estimate of drug-likeness (QED) is 0.618. The van der Waals surface area contributed by atoms with Crippen LogP contribution in [0.2, 0.25) is 0 Å². The van der Waals surface area contributed by atoms with E-state index in [0.717, 1.165) is 16.6 Å². The molecule has 1 aromatic heterocycles. The second-order valence-corrected chi connectivity index (χ2v) is 2.63. The SMILES string of the molecule is S=Cc1ncnc2ccccc12. The molecule has 0 N–H and O–H groups in total. The largest absolute Gasteiger partial charge is 0.236 e. The maximum absolute atomic E-state index is 4.83. The molecule has 0 fully saturated rings. The van der Waals surface area contributed by atoms with Crippen molar-refractivity contribution in [2.75, 3.05) is 0 Å². The number of para-hydroxylation sites is 1. The van der Waals surface area contributed by atoms with Crippen molar-refractivity contribution in [1.29, 1.82) is 0 Å². The highest BCUT2D eigenvalue weighted by molar-refractivity contribution is 7.79. The Kier molecular flexibility index (Phi) is 1.80. The standard InChI is InChI=1S/C9H6N2S/c12-5-9-7-3-1-2-4-8(7)10-6-11-9/h1-6H. The molecule has 0 atom stereocenters. The average Bonchev–Trinajstić information content (AvgIpc) is 2.17. The van der Waals surface area contributed by atoms with Crippen LogP contribution in [-0.4, -0.2) is 15.3 Å². The second kappa shape index (κ2) is 2.95. The van der Waals surface area contributed by atoms with Crippen LogP contribution in [0.25, 0.3) is 10.9 Å². The van der Waals surface area contributed by atoms with Gasteiger partial charge in [-0.1, -0.05) is 30.4 Å². The lowest BCUT2D eigenvalue weighted by molar-refractivity contribution is 1.21. The summed E-state index contributed by atoms with van der Waals surface area (Å²) in [5, 5.41) is 2.58. The maximum Gasteiger partial charge on any atom is 0.116 e. The number of thiocarbonyl (C=S) groups is 1. The van der Waals surface area contributed by atoms with Gasteiger partial charge < -0.3 is 0 Å². The van der Waals surface area contributed by atoms with Crippen LogP contribution in [0.5, 0.6) is 0 Å². The topological polar surface area (TPSA) is 25.8 Å². The van der Waals surface area contributed by atoms with Crippen LogP contribution in [0.15, 0.2) is 30.6 Å². The molecule has 0 aliphatic rings. The normalized spacial score (nSPS) is 10.0. The van der Waals surface area contributed by atoms with Gasteiger partial charge in [0.15, 0.2) is 0 Å². The van der Waals surface area contributed by atoms with Crippen molar-refractivity contribution in [2.45, 2.75) is 0 Å². The van der Waals surface area contributed by atoms with Crippen LogP contribution in [0.4, 0.5) is 0 Å². The Labute approximate surface area is 75.3 Å². The summed E-state index contributed by atoms with van der Waals surface area (Å²) in [6.45, 7) is 0. The van der Waals surface area contributed by atoms with E-state index in [2.05, 4.69) is 9.97 Å². The van der Waals surface area contributed by atoms with E-state index < -0.39 is 0 Å². The minimum atomic E-state index is 0.815. The zero-order valence-corrected chi connectivity index (χ0v) is 7.08. The van der Waals surface area contributed by atoms with Crippen LogP contribution in [0.3, 0.4) is 0 Å². The lowest BCUT2D eigenvalue weighted by atomic mass is 10.2. The van der Waals surface area contributed by atoms with E-state index in [1.54, 1.807) is 5.37 Å². The highest BCUT2D eigenvalue weighted by atomic mass is 32.1. The van der Waals surface area contributed by atoms with Crippen LogP contribution in [0.1, 0.15) is 5.69 Å². The summed E-state index contributed by atoms with van der Waals surface area (Å²) in [4.78, 5) is 8.17. The highest BCUT2D eigenvalue weighted by Crippen LogP contribution is 2.11. The van der Waals surface area contributed by atoms with Crippen molar-refractivity contribution in [3.8, 4) is 0 Å². The molecule has 1 heterocycles. The monoisotopic (exact) mass is 174 g/mol. The summed E-state index contributed by atoms with van der Waals surface area (Å²) in [5.74, 6) is 0. The molecule has 0 amide bonds. The molecule has 2 aromatic rings. The number of hydrogen-bond donors (Lipinski definition) is 0. The van der Waals surface area contributed by atoms with E-state index in [0.29, 0.717) is 0 Å². The van der Waals surface area contributed by atoms with Gasteiger partial charge in [-0.2, -0.15) is 0 Å². The highest BCUT2D eigenvalue weighted by Gasteiger charge is 1.97. The van der Waals surface area contributed by atoms with Gasteiger partial charge in [-0.25, -0.2) is 9.97 Å². The van der Waals surface area contributed by atoms with Gasteiger partial charge in [-0.15, -0.1) is 0 Å². The predicted octanol–water partition coefficient (Wildman–Crippen LogP) is 1.98. The third kappa shape index (κ3) is 1.08. The first kappa shape index (κ1) is 7.31. The maximum atomic E-state index is 4.83. The Balaban J connectivity index is 2.88. The smallest absolute Gasteiger partial charge is 0.116 e. The van der Waals surface area contributed by atoms with Crippen molar-refractivity contribution < 1.29 is 0 Å². The predicted molar refractivity (Wildman–Crippen MR) is 52.3 cm³/mol. The Morgan fingerprint density at radius 3 is 2.83 bits per heavy atom. The van der Waals surface area contributed by atoms with E-state index in [9.17, 15) is 0 Å². The molecule has 0 unspecified atom stereocenters. The Bertz CT molecular complexity index is 420. The lowest BCUT2D eigenvalue weighted by Crippen LogP contribution is -1.89. The molecule has 3 heteroatoms. The molecule has 0 radical (unpaired) electrons. The van der Waals surface area contributed by atoms with Crippen molar-refractivity contribution in [2.24, 2.45) is 0 Å². The third-order valence-corrected chi connectivity index (χ3v) is 1.91. The van der Waals surface area contributed by atoms with Crippen molar-refractivity contribution in [1.82, 2.24) is 9.97 Å². The third-order valence-electron chi connectivity index (χ3n) is 1.69.